The van der Waals surface area contributed by atoms with Gasteiger partial charge in [-0.05, 0) is 44.2 Å². The van der Waals surface area contributed by atoms with Crippen LogP contribution in [-0.4, -0.2) is 23.0 Å². The number of carbonyl (C=O) groups is 2. The van der Waals surface area contributed by atoms with Gasteiger partial charge in [0, 0.05) is 10.4 Å². The van der Waals surface area contributed by atoms with Gasteiger partial charge >= 0.3 is 5.97 Å². The molecule has 6 nitrogen and oxygen atoms in total. The van der Waals surface area contributed by atoms with Crippen molar-refractivity contribution in [3.05, 3.63) is 74.2 Å². The molecule has 1 heterocycles. The summed E-state index contributed by atoms with van der Waals surface area (Å²) in [7, 11) is 0. The summed E-state index contributed by atoms with van der Waals surface area (Å²) < 4.78 is 10.9. The van der Waals surface area contributed by atoms with Crippen molar-refractivity contribution in [2.75, 3.05) is 5.32 Å². The Morgan fingerprint density at radius 2 is 1.90 bits per heavy atom. The van der Waals surface area contributed by atoms with Crippen LogP contribution in [0.5, 0.6) is 5.75 Å². The average molecular weight is 465 g/mol. The molecule has 3 rings (SSSR count). The van der Waals surface area contributed by atoms with E-state index in [0.717, 1.165) is 5.56 Å². The molecule has 0 bridgehead atoms. The monoisotopic (exact) mass is 464 g/mol. The Labute approximate surface area is 187 Å². The van der Waals surface area contributed by atoms with Gasteiger partial charge in [-0.1, -0.05) is 40.9 Å². The van der Waals surface area contributed by atoms with Gasteiger partial charge in [-0.3, -0.25) is 4.79 Å². The van der Waals surface area contributed by atoms with Crippen molar-refractivity contribution < 1.29 is 19.1 Å². The number of nitrogens with one attached hydrogen (secondary N) is 1. The van der Waals surface area contributed by atoms with E-state index in [-0.39, 0.29) is 12.3 Å². The highest BCUT2D eigenvalue weighted by Crippen LogP contribution is 2.25. The fourth-order valence-corrected chi connectivity index (χ4v) is 3.36. The molecule has 3 aromatic rings. The highest BCUT2D eigenvalue weighted by atomic mass is 35.5. The zero-order chi connectivity index (χ0) is 21.7. The van der Waals surface area contributed by atoms with E-state index in [1.165, 1.54) is 24.3 Å². The lowest BCUT2D eigenvalue weighted by atomic mass is 10.2. The summed E-state index contributed by atoms with van der Waals surface area (Å²) in [5.74, 6) is -0.525. The molecular formula is C21H18Cl2N2O4S. The minimum absolute atomic E-state index is 0.114. The summed E-state index contributed by atoms with van der Waals surface area (Å²) in [6.45, 7) is 3.68. The van der Waals surface area contributed by atoms with Gasteiger partial charge in [0.1, 0.15) is 17.4 Å². The topological polar surface area (TPSA) is 77.5 Å². The third-order valence-electron chi connectivity index (χ3n) is 3.98. The number of benzene rings is 2. The number of carbonyl (C=O) groups excluding carboxylic acids is 2. The van der Waals surface area contributed by atoms with Gasteiger partial charge in [0.2, 0.25) is 0 Å². The Bertz CT molecular complexity index is 1050. The molecule has 1 atom stereocenters. The number of ether oxygens (including phenoxy) is 2. The van der Waals surface area contributed by atoms with E-state index in [0.29, 0.717) is 26.5 Å². The van der Waals surface area contributed by atoms with E-state index in [9.17, 15) is 9.59 Å². The first-order valence-electron chi connectivity index (χ1n) is 8.92. The maximum Gasteiger partial charge on any atom is 0.358 e. The molecule has 1 N–H and O–H groups in total. The number of anilines is 1. The van der Waals surface area contributed by atoms with Crippen LogP contribution in [0.15, 0.2) is 47.8 Å². The first-order chi connectivity index (χ1) is 14.3. The van der Waals surface area contributed by atoms with E-state index in [1.807, 2.05) is 31.2 Å². The number of aromatic nitrogens is 1. The predicted molar refractivity (Wildman–Crippen MR) is 118 cm³/mol. The number of halogens is 2. The standard InChI is InChI=1S/C21H18Cl2N2O4S/c1-12-3-6-15(7-4-12)28-10-19-24-18(11-30-19)21(27)29-13(2)20(26)25-17-9-14(22)5-8-16(17)23/h3-9,11,13H,10H2,1-2H3,(H,25,26). The number of hydrogen-bond donors (Lipinski definition) is 1. The van der Waals surface area contributed by atoms with Crippen molar-refractivity contribution in [1.29, 1.82) is 0 Å². The molecule has 0 aliphatic heterocycles. The summed E-state index contributed by atoms with van der Waals surface area (Å²) in [5.41, 5.74) is 1.58. The number of esters is 1. The lowest BCUT2D eigenvalue weighted by Gasteiger charge is -2.13. The Morgan fingerprint density at radius 3 is 2.63 bits per heavy atom. The summed E-state index contributed by atoms with van der Waals surface area (Å²) >= 11 is 13.2. The average Bonchev–Trinajstić information content (AvgIpc) is 3.19. The van der Waals surface area contributed by atoms with Crippen molar-refractivity contribution in [2.24, 2.45) is 0 Å². The zero-order valence-electron chi connectivity index (χ0n) is 16.1. The molecule has 1 unspecified atom stereocenters. The van der Waals surface area contributed by atoms with E-state index in [2.05, 4.69) is 10.3 Å². The highest BCUT2D eigenvalue weighted by molar-refractivity contribution is 7.09. The summed E-state index contributed by atoms with van der Waals surface area (Å²) in [4.78, 5) is 28.8. The van der Waals surface area contributed by atoms with Crippen LogP contribution in [0, 0.1) is 6.92 Å². The Hall–Kier alpha value is -2.61. The van der Waals surface area contributed by atoms with Crippen molar-refractivity contribution in [2.45, 2.75) is 26.6 Å². The maximum atomic E-state index is 12.3. The fourth-order valence-electron chi connectivity index (χ4n) is 2.35. The van der Waals surface area contributed by atoms with Gasteiger partial charge in [-0.15, -0.1) is 11.3 Å². The van der Waals surface area contributed by atoms with Crippen molar-refractivity contribution in [3.8, 4) is 5.75 Å². The van der Waals surface area contributed by atoms with Crippen LogP contribution in [0.1, 0.15) is 28.0 Å². The minimum Gasteiger partial charge on any atom is -0.486 e. The van der Waals surface area contributed by atoms with Crippen molar-refractivity contribution >= 4 is 52.1 Å². The smallest absolute Gasteiger partial charge is 0.358 e. The molecule has 0 aliphatic rings. The third kappa shape index (κ3) is 5.95. The lowest BCUT2D eigenvalue weighted by Crippen LogP contribution is -2.30. The molecule has 1 amide bonds. The number of amides is 1. The normalized spacial score (nSPS) is 11.6. The SMILES string of the molecule is Cc1ccc(OCc2nc(C(=O)OC(C)C(=O)Nc3cc(Cl)ccc3Cl)cs2)cc1. The maximum absolute atomic E-state index is 12.3. The van der Waals surface area contributed by atoms with E-state index in [1.54, 1.807) is 17.5 Å². The molecule has 0 saturated carbocycles. The number of rotatable bonds is 7. The van der Waals surface area contributed by atoms with Crippen LogP contribution in [0.3, 0.4) is 0 Å². The molecule has 0 fully saturated rings. The van der Waals surface area contributed by atoms with Crippen LogP contribution in [0.4, 0.5) is 5.69 Å². The Balaban J connectivity index is 1.54. The first-order valence-corrected chi connectivity index (χ1v) is 10.6. The number of hydrogen-bond acceptors (Lipinski definition) is 6. The second kappa shape index (κ2) is 9.93. The van der Waals surface area contributed by atoms with Crippen LogP contribution >= 0.6 is 34.5 Å². The van der Waals surface area contributed by atoms with Gasteiger partial charge in [0.05, 0.1) is 10.7 Å². The molecule has 30 heavy (non-hydrogen) atoms. The molecule has 2 aromatic carbocycles. The largest absolute Gasteiger partial charge is 0.486 e. The summed E-state index contributed by atoms with van der Waals surface area (Å²) in [6, 6.07) is 12.3. The Kier molecular flexibility index (Phi) is 7.31. The van der Waals surface area contributed by atoms with Crippen molar-refractivity contribution in [1.82, 2.24) is 4.98 Å². The van der Waals surface area contributed by atoms with Gasteiger partial charge in [0.25, 0.3) is 5.91 Å². The van der Waals surface area contributed by atoms with E-state index in [4.69, 9.17) is 32.7 Å². The number of thiazole rings is 1. The van der Waals surface area contributed by atoms with E-state index < -0.39 is 18.0 Å². The zero-order valence-corrected chi connectivity index (χ0v) is 18.5. The van der Waals surface area contributed by atoms with Crippen molar-refractivity contribution in [3.63, 3.8) is 0 Å². The Morgan fingerprint density at radius 1 is 1.17 bits per heavy atom. The number of nitrogens with zero attached hydrogens (tertiary/aromatic N) is 1. The quantitative estimate of drug-likeness (QED) is 0.465. The molecule has 9 heteroatoms. The molecule has 0 aliphatic carbocycles. The minimum atomic E-state index is -1.05. The second-order valence-electron chi connectivity index (χ2n) is 6.39. The summed E-state index contributed by atoms with van der Waals surface area (Å²) in [6.07, 6.45) is -1.05. The highest BCUT2D eigenvalue weighted by Gasteiger charge is 2.21. The van der Waals surface area contributed by atoms with Crippen LogP contribution < -0.4 is 10.1 Å². The van der Waals surface area contributed by atoms with Gasteiger partial charge in [-0.2, -0.15) is 0 Å². The van der Waals surface area contributed by atoms with E-state index >= 15 is 0 Å². The lowest BCUT2D eigenvalue weighted by molar-refractivity contribution is -0.123. The fraction of sp³-hybridized carbons (Fsp3) is 0.190. The van der Waals surface area contributed by atoms with Gasteiger partial charge in [0.15, 0.2) is 11.8 Å². The molecule has 0 saturated heterocycles. The summed E-state index contributed by atoms with van der Waals surface area (Å²) in [5, 5.41) is 5.51. The molecule has 0 spiro atoms. The molecule has 1 aromatic heterocycles. The number of aryl methyl sites for hydroxylation is 1. The van der Waals surface area contributed by atoms with Crippen LogP contribution in [0.25, 0.3) is 0 Å². The second-order valence-corrected chi connectivity index (χ2v) is 8.18. The van der Waals surface area contributed by atoms with Crippen LogP contribution in [0.2, 0.25) is 10.0 Å². The first kappa shape index (κ1) is 22.1. The van der Waals surface area contributed by atoms with Gasteiger partial charge in [-0.25, -0.2) is 9.78 Å². The molecular weight excluding hydrogens is 447 g/mol. The third-order valence-corrected chi connectivity index (χ3v) is 5.37. The molecule has 156 valence electrons. The molecule has 0 radical (unpaired) electrons. The van der Waals surface area contributed by atoms with Crippen LogP contribution in [-0.2, 0) is 16.1 Å². The van der Waals surface area contributed by atoms with Gasteiger partial charge < -0.3 is 14.8 Å². The predicted octanol–water partition coefficient (Wildman–Crippen LogP) is 5.52.